The van der Waals surface area contributed by atoms with Crippen molar-refractivity contribution in [2.45, 2.75) is 12.5 Å². The first-order valence-electron chi connectivity index (χ1n) is 5.25. The monoisotopic (exact) mass is 304 g/mol. The van der Waals surface area contributed by atoms with Crippen molar-refractivity contribution in [1.82, 2.24) is 5.43 Å². The van der Waals surface area contributed by atoms with Gasteiger partial charge in [0, 0.05) is 16.3 Å². The minimum Gasteiger partial charge on any atom is -0.271 e. The summed E-state index contributed by atoms with van der Waals surface area (Å²) in [6.45, 7) is 0. The van der Waals surface area contributed by atoms with E-state index in [-0.39, 0.29) is 11.9 Å². The number of benzene rings is 1. The van der Waals surface area contributed by atoms with Gasteiger partial charge >= 0.3 is 0 Å². The molecule has 2 nitrogen and oxygen atoms in total. The first kappa shape index (κ1) is 13.8. The Morgan fingerprint density at radius 2 is 2.06 bits per heavy atom. The molecule has 0 aliphatic rings. The van der Waals surface area contributed by atoms with E-state index in [1.165, 1.54) is 23.5 Å². The number of hydrazine groups is 1. The second kappa shape index (κ2) is 5.99. The molecule has 1 unspecified atom stereocenters. The third-order valence-corrected chi connectivity index (χ3v) is 4.15. The Kier molecular flexibility index (Phi) is 4.59. The molecule has 1 heterocycles. The highest BCUT2D eigenvalue weighted by molar-refractivity contribution is 7.16. The highest BCUT2D eigenvalue weighted by Gasteiger charge is 2.15. The van der Waals surface area contributed by atoms with Gasteiger partial charge in [-0.1, -0.05) is 29.3 Å². The summed E-state index contributed by atoms with van der Waals surface area (Å²) in [5, 5.41) is 0.362. The van der Waals surface area contributed by atoms with E-state index in [9.17, 15) is 4.39 Å². The van der Waals surface area contributed by atoms with E-state index in [0.29, 0.717) is 11.4 Å². The summed E-state index contributed by atoms with van der Waals surface area (Å²) in [5.74, 6) is 5.17. The highest BCUT2D eigenvalue weighted by Crippen LogP contribution is 2.29. The van der Waals surface area contributed by atoms with Crippen LogP contribution in [0.4, 0.5) is 4.39 Å². The van der Waals surface area contributed by atoms with Crippen LogP contribution in [0.1, 0.15) is 16.5 Å². The number of hydrogen-bond donors (Lipinski definition) is 2. The van der Waals surface area contributed by atoms with Crippen LogP contribution in [0.15, 0.2) is 30.3 Å². The predicted molar refractivity (Wildman–Crippen MR) is 74.5 cm³/mol. The minimum atomic E-state index is -0.362. The summed E-state index contributed by atoms with van der Waals surface area (Å²) in [6, 6.07) is 7.89. The van der Waals surface area contributed by atoms with E-state index < -0.39 is 0 Å². The molecule has 1 aromatic carbocycles. The summed E-state index contributed by atoms with van der Waals surface area (Å²) in [4.78, 5) is 1.09. The summed E-state index contributed by atoms with van der Waals surface area (Å²) >= 11 is 13.4. The molecular weight excluding hydrogens is 294 g/mol. The third kappa shape index (κ3) is 3.22. The second-order valence-electron chi connectivity index (χ2n) is 3.80. The maximum Gasteiger partial charge on any atom is 0.124 e. The summed E-state index contributed by atoms with van der Waals surface area (Å²) in [7, 11) is 0. The highest BCUT2D eigenvalue weighted by atomic mass is 35.5. The molecule has 0 bridgehead atoms. The second-order valence-corrected chi connectivity index (χ2v) is 6.00. The quantitative estimate of drug-likeness (QED) is 0.663. The van der Waals surface area contributed by atoms with Crippen molar-refractivity contribution in [1.29, 1.82) is 0 Å². The van der Waals surface area contributed by atoms with Gasteiger partial charge in [0.1, 0.15) is 5.82 Å². The number of hydrogen-bond acceptors (Lipinski definition) is 3. The minimum absolute atomic E-state index is 0.173. The van der Waals surface area contributed by atoms with E-state index >= 15 is 0 Å². The van der Waals surface area contributed by atoms with Gasteiger partial charge in [-0.25, -0.2) is 4.39 Å². The van der Waals surface area contributed by atoms with Crippen LogP contribution in [0, 0.1) is 5.82 Å². The Morgan fingerprint density at radius 3 is 2.61 bits per heavy atom. The average Bonchev–Trinajstić information content (AvgIpc) is 2.72. The Balaban J connectivity index is 2.22. The first-order valence-corrected chi connectivity index (χ1v) is 6.82. The lowest BCUT2D eigenvalue weighted by Gasteiger charge is -2.16. The molecule has 2 aromatic rings. The molecule has 0 spiro atoms. The Bertz CT molecular complexity index is 545. The van der Waals surface area contributed by atoms with E-state index in [4.69, 9.17) is 29.0 Å². The zero-order chi connectivity index (χ0) is 13.1. The topological polar surface area (TPSA) is 38.0 Å². The summed E-state index contributed by atoms with van der Waals surface area (Å²) in [6.07, 6.45) is 0.652. The number of halogens is 3. The molecule has 0 fully saturated rings. The lowest BCUT2D eigenvalue weighted by Crippen LogP contribution is -2.29. The molecule has 0 saturated heterocycles. The molecule has 1 atom stereocenters. The van der Waals surface area contributed by atoms with Crippen LogP contribution in [0.25, 0.3) is 0 Å². The van der Waals surface area contributed by atoms with E-state index in [1.54, 1.807) is 6.07 Å². The molecule has 0 aliphatic heterocycles. The Hall–Kier alpha value is -0.650. The molecule has 0 saturated carbocycles. The Labute approximate surface area is 118 Å². The van der Waals surface area contributed by atoms with Crippen LogP contribution in [0.3, 0.4) is 0 Å². The van der Waals surface area contributed by atoms with Gasteiger partial charge in [0.05, 0.1) is 10.4 Å². The Morgan fingerprint density at radius 1 is 1.28 bits per heavy atom. The molecule has 0 amide bonds. The molecule has 18 heavy (non-hydrogen) atoms. The van der Waals surface area contributed by atoms with Crippen molar-refractivity contribution >= 4 is 34.5 Å². The largest absolute Gasteiger partial charge is 0.271 e. The predicted octanol–water partition coefficient (Wildman–Crippen LogP) is 3.94. The van der Waals surface area contributed by atoms with E-state index in [0.717, 1.165) is 14.8 Å². The fraction of sp³-hybridized carbons (Fsp3) is 0.167. The van der Waals surface area contributed by atoms with Crippen molar-refractivity contribution in [2.75, 3.05) is 0 Å². The number of nitrogens with two attached hydrogens (primary N) is 1. The molecular formula is C12H11Cl2FN2S. The van der Waals surface area contributed by atoms with Gasteiger partial charge in [0.2, 0.25) is 0 Å². The van der Waals surface area contributed by atoms with Gasteiger partial charge in [-0.3, -0.25) is 11.3 Å². The van der Waals surface area contributed by atoms with Crippen molar-refractivity contribution in [3.8, 4) is 0 Å². The normalized spacial score (nSPS) is 12.7. The molecule has 2 rings (SSSR count). The van der Waals surface area contributed by atoms with Crippen LogP contribution in [-0.4, -0.2) is 0 Å². The van der Waals surface area contributed by atoms with Crippen molar-refractivity contribution in [2.24, 2.45) is 5.84 Å². The molecule has 1 aromatic heterocycles. The number of thiophene rings is 1. The molecule has 0 aliphatic carbocycles. The SMILES string of the molecule is NNC(Cc1ccc(Cl)s1)c1ccc(F)cc1Cl. The maximum atomic E-state index is 13.0. The van der Waals surface area contributed by atoms with Crippen LogP contribution < -0.4 is 11.3 Å². The van der Waals surface area contributed by atoms with Crippen LogP contribution >= 0.6 is 34.5 Å². The van der Waals surface area contributed by atoms with Gasteiger partial charge in [-0.05, 0) is 29.8 Å². The van der Waals surface area contributed by atoms with Crippen molar-refractivity contribution < 1.29 is 4.39 Å². The summed E-state index contributed by atoms with van der Waals surface area (Å²) in [5.41, 5.74) is 3.46. The zero-order valence-corrected chi connectivity index (χ0v) is 11.6. The molecule has 3 N–H and O–H groups in total. The van der Waals surface area contributed by atoms with E-state index in [2.05, 4.69) is 5.43 Å². The third-order valence-electron chi connectivity index (χ3n) is 2.57. The molecule has 6 heteroatoms. The van der Waals surface area contributed by atoms with Crippen LogP contribution in [-0.2, 0) is 6.42 Å². The summed E-state index contributed by atoms with van der Waals surface area (Å²) < 4.78 is 13.7. The van der Waals surface area contributed by atoms with Crippen molar-refractivity contribution in [3.63, 3.8) is 0 Å². The van der Waals surface area contributed by atoms with E-state index in [1.807, 2.05) is 12.1 Å². The van der Waals surface area contributed by atoms with Gasteiger partial charge in [0.25, 0.3) is 0 Å². The molecule has 96 valence electrons. The van der Waals surface area contributed by atoms with Crippen LogP contribution in [0.5, 0.6) is 0 Å². The lowest BCUT2D eigenvalue weighted by molar-refractivity contribution is 0.553. The van der Waals surface area contributed by atoms with Crippen molar-refractivity contribution in [3.05, 3.63) is 55.9 Å². The first-order chi connectivity index (χ1) is 8.60. The maximum absolute atomic E-state index is 13.0. The number of nitrogens with one attached hydrogen (secondary N) is 1. The van der Waals surface area contributed by atoms with Gasteiger partial charge in [-0.2, -0.15) is 0 Å². The van der Waals surface area contributed by atoms with Gasteiger partial charge < -0.3 is 0 Å². The lowest BCUT2D eigenvalue weighted by atomic mass is 10.0. The fourth-order valence-electron chi connectivity index (χ4n) is 1.71. The molecule has 0 radical (unpaired) electrons. The van der Waals surface area contributed by atoms with Gasteiger partial charge in [0.15, 0.2) is 0 Å². The zero-order valence-electron chi connectivity index (χ0n) is 9.29. The average molecular weight is 305 g/mol. The van der Waals surface area contributed by atoms with Gasteiger partial charge in [-0.15, -0.1) is 11.3 Å². The standard InChI is InChI=1S/C12H11Cl2FN2S/c13-10-5-7(15)1-3-9(10)11(17-16)6-8-2-4-12(14)18-8/h1-5,11,17H,6,16H2. The van der Waals surface area contributed by atoms with Crippen LogP contribution in [0.2, 0.25) is 9.36 Å². The smallest absolute Gasteiger partial charge is 0.124 e. The fourth-order valence-corrected chi connectivity index (χ4v) is 3.14. The number of rotatable bonds is 4.